The Labute approximate surface area is 230 Å². The number of hydrogen-bond donors (Lipinski definition) is 4. The number of benzene rings is 1. The SMILES string of the molecule is CC[C@H](Nc1cc(NCCN2CCCOCC2)n2ncc(-c3ccc(C(=O)NC4CC4)c(C)c3)c2n1)[C@H](C)O. The summed E-state index contributed by atoms with van der Waals surface area (Å²) < 4.78 is 7.42. The highest BCUT2D eigenvalue weighted by Gasteiger charge is 2.25. The number of anilines is 2. The number of carbonyl (C=O) groups excluding carboxylic acids is 1. The van der Waals surface area contributed by atoms with Gasteiger partial charge < -0.3 is 25.8 Å². The molecule has 0 unspecified atom stereocenters. The fourth-order valence-corrected chi connectivity index (χ4v) is 5.06. The molecule has 0 radical (unpaired) electrons. The lowest BCUT2D eigenvalue weighted by atomic mass is 10.0. The van der Waals surface area contributed by atoms with Crippen LogP contribution < -0.4 is 16.0 Å². The number of aryl methyl sites for hydroxylation is 1. The summed E-state index contributed by atoms with van der Waals surface area (Å²) in [6.07, 6.45) is 5.24. The van der Waals surface area contributed by atoms with Gasteiger partial charge in [0.05, 0.1) is 24.9 Å². The van der Waals surface area contributed by atoms with Gasteiger partial charge in [0, 0.05) is 56.0 Å². The summed E-state index contributed by atoms with van der Waals surface area (Å²) in [7, 11) is 0. The minimum atomic E-state index is -0.518. The second-order valence-corrected chi connectivity index (χ2v) is 10.7. The molecule has 210 valence electrons. The molecule has 39 heavy (non-hydrogen) atoms. The molecular weight excluding hydrogens is 494 g/mol. The zero-order chi connectivity index (χ0) is 27.4. The summed E-state index contributed by atoms with van der Waals surface area (Å²) in [4.78, 5) is 20.0. The number of amides is 1. The highest BCUT2D eigenvalue weighted by Crippen LogP contribution is 2.29. The smallest absolute Gasteiger partial charge is 0.251 e. The van der Waals surface area contributed by atoms with Gasteiger partial charge in [0.2, 0.25) is 0 Å². The van der Waals surface area contributed by atoms with E-state index in [2.05, 4.69) is 25.9 Å². The molecule has 1 aliphatic heterocycles. The van der Waals surface area contributed by atoms with Crippen molar-refractivity contribution >= 4 is 23.2 Å². The summed E-state index contributed by atoms with van der Waals surface area (Å²) in [5, 5.41) is 25.0. The van der Waals surface area contributed by atoms with Gasteiger partial charge >= 0.3 is 0 Å². The molecule has 2 aliphatic rings. The first-order chi connectivity index (χ1) is 18.9. The van der Waals surface area contributed by atoms with Gasteiger partial charge in [-0.05, 0) is 56.7 Å². The number of carbonyl (C=O) groups is 1. The number of rotatable bonds is 11. The Morgan fingerprint density at radius 3 is 2.82 bits per heavy atom. The predicted octanol–water partition coefficient (Wildman–Crippen LogP) is 3.30. The molecule has 2 atom stereocenters. The molecule has 2 fully saturated rings. The van der Waals surface area contributed by atoms with E-state index < -0.39 is 6.10 Å². The minimum absolute atomic E-state index is 0.0165. The quantitative estimate of drug-likeness (QED) is 0.296. The monoisotopic (exact) mass is 535 g/mol. The Morgan fingerprint density at radius 2 is 2.08 bits per heavy atom. The van der Waals surface area contributed by atoms with Gasteiger partial charge in [-0.3, -0.25) is 9.69 Å². The number of hydrogen-bond acceptors (Lipinski definition) is 8. The third kappa shape index (κ3) is 6.69. The van der Waals surface area contributed by atoms with E-state index in [1.165, 1.54) is 0 Å². The number of aliphatic hydroxyl groups is 1. The topological polar surface area (TPSA) is 116 Å². The Bertz CT molecular complexity index is 1280. The maximum Gasteiger partial charge on any atom is 0.251 e. The molecule has 3 heterocycles. The lowest BCUT2D eigenvalue weighted by molar-refractivity contribution is 0.0950. The van der Waals surface area contributed by atoms with E-state index in [4.69, 9.17) is 9.72 Å². The molecule has 10 nitrogen and oxygen atoms in total. The van der Waals surface area contributed by atoms with E-state index in [0.717, 1.165) is 87.6 Å². The molecule has 0 bridgehead atoms. The standard InChI is InChI=1S/C29H41N7O3/c1-4-25(20(3)37)33-26-17-27(30-10-12-35-11-5-14-39-15-13-35)36-28(34-26)24(18-31-36)21-6-9-23(19(2)16-21)29(38)32-22-7-8-22/h6,9,16-18,20,22,25,30,37H,4-5,7-8,10-15H2,1-3H3,(H,32,38)(H,33,34)/t20-,25-/m0/s1. The van der Waals surface area contributed by atoms with Crippen molar-refractivity contribution in [3.8, 4) is 11.1 Å². The van der Waals surface area contributed by atoms with Crippen molar-refractivity contribution < 1.29 is 14.6 Å². The van der Waals surface area contributed by atoms with Crippen LogP contribution in [0.4, 0.5) is 11.6 Å². The first-order valence-corrected chi connectivity index (χ1v) is 14.2. The summed E-state index contributed by atoms with van der Waals surface area (Å²) in [5.41, 5.74) is 4.16. The zero-order valence-electron chi connectivity index (χ0n) is 23.2. The van der Waals surface area contributed by atoms with Crippen molar-refractivity contribution in [1.29, 1.82) is 0 Å². The number of fused-ring (bicyclic) bond motifs is 1. The third-order valence-corrected chi connectivity index (χ3v) is 7.57. The van der Waals surface area contributed by atoms with Crippen LogP contribution in [0.2, 0.25) is 0 Å². The number of ether oxygens (including phenoxy) is 1. The van der Waals surface area contributed by atoms with Crippen molar-refractivity contribution in [2.45, 2.75) is 64.6 Å². The predicted molar refractivity (Wildman–Crippen MR) is 153 cm³/mol. The van der Waals surface area contributed by atoms with Crippen LogP contribution in [0, 0.1) is 6.92 Å². The molecule has 0 spiro atoms. The van der Waals surface area contributed by atoms with Gasteiger partial charge in [0.25, 0.3) is 5.91 Å². The second kappa shape index (κ2) is 12.3. The first kappa shape index (κ1) is 27.4. The van der Waals surface area contributed by atoms with Gasteiger partial charge in [-0.15, -0.1) is 0 Å². The van der Waals surface area contributed by atoms with Crippen molar-refractivity contribution in [3.05, 3.63) is 41.6 Å². The Kier molecular flexibility index (Phi) is 8.64. The average Bonchev–Trinajstić information content (AvgIpc) is 3.68. The summed E-state index contributed by atoms with van der Waals surface area (Å²) in [6, 6.07) is 8.03. The van der Waals surface area contributed by atoms with Crippen LogP contribution in [0.3, 0.4) is 0 Å². The van der Waals surface area contributed by atoms with Gasteiger partial charge in [-0.2, -0.15) is 9.61 Å². The van der Waals surface area contributed by atoms with Crippen LogP contribution in [0.25, 0.3) is 16.8 Å². The number of aliphatic hydroxyl groups excluding tert-OH is 1. The second-order valence-electron chi connectivity index (χ2n) is 10.7. The van der Waals surface area contributed by atoms with Gasteiger partial charge in [0.1, 0.15) is 11.6 Å². The van der Waals surface area contributed by atoms with Gasteiger partial charge in [-0.25, -0.2) is 4.98 Å². The maximum atomic E-state index is 12.6. The largest absolute Gasteiger partial charge is 0.391 e. The molecule has 1 saturated carbocycles. The van der Waals surface area contributed by atoms with E-state index in [9.17, 15) is 9.90 Å². The van der Waals surface area contributed by atoms with E-state index in [0.29, 0.717) is 23.1 Å². The van der Waals surface area contributed by atoms with E-state index >= 15 is 0 Å². The van der Waals surface area contributed by atoms with Crippen molar-refractivity contribution in [2.75, 3.05) is 50.0 Å². The highest BCUT2D eigenvalue weighted by atomic mass is 16.5. The fourth-order valence-electron chi connectivity index (χ4n) is 5.06. The molecule has 2 aromatic heterocycles. The van der Waals surface area contributed by atoms with Crippen molar-refractivity contribution in [3.63, 3.8) is 0 Å². The van der Waals surface area contributed by atoms with Crippen LogP contribution in [0.1, 0.15) is 55.5 Å². The van der Waals surface area contributed by atoms with Crippen LogP contribution >= 0.6 is 0 Å². The Hall–Kier alpha value is -3.21. The van der Waals surface area contributed by atoms with Crippen LogP contribution in [0.5, 0.6) is 0 Å². The van der Waals surface area contributed by atoms with Gasteiger partial charge in [-0.1, -0.05) is 19.1 Å². The zero-order valence-corrected chi connectivity index (χ0v) is 23.2. The number of nitrogens with zero attached hydrogens (tertiary/aromatic N) is 4. The average molecular weight is 536 g/mol. The van der Waals surface area contributed by atoms with Crippen molar-refractivity contribution in [1.82, 2.24) is 24.8 Å². The molecule has 3 aromatic rings. The van der Waals surface area contributed by atoms with E-state index in [1.54, 1.807) is 6.92 Å². The summed E-state index contributed by atoms with van der Waals surface area (Å²) in [5.74, 6) is 1.49. The molecule has 1 aliphatic carbocycles. The van der Waals surface area contributed by atoms with Crippen LogP contribution in [0.15, 0.2) is 30.5 Å². The first-order valence-electron chi connectivity index (χ1n) is 14.2. The molecule has 1 saturated heterocycles. The maximum absolute atomic E-state index is 12.6. The Morgan fingerprint density at radius 1 is 1.23 bits per heavy atom. The molecule has 1 amide bonds. The molecular formula is C29H41N7O3. The molecule has 1 aromatic carbocycles. The summed E-state index contributed by atoms with van der Waals surface area (Å²) in [6.45, 7) is 11.0. The minimum Gasteiger partial charge on any atom is -0.391 e. The van der Waals surface area contributed by atoms with Gasteiger partial charge in [0.15, 0.2) is 5.65 Å². The van der Waals surface area contributed by atoms with Crippen LogP contribution in [-0.4, -0.2) is 88.1 Å². The normalized spacial score (nSPS) is 17.9. The molecule has 5 rings (SSSR count). The molecule has 10 heteroatoms. The van der Waals surface area contributed by atoms with Crippen molar-refractivity contribution in [2.24, 2.45) is 0 Å². The number of nitrogens with one attached hydrogen (secondary N) is 3. The number of aromatic nitrogens is 3. The highest BCUT2D eigenvalue weighted by molar-refractivity contribution is 5.97. The summed E-state index contributed by atoms with van der Waals surface area (Å²) >= 11 is 0. The molecule has 4 N–H and O–H groups in total. The lowest BCUT2D eigenvalue weighted by Crippen LogP contribution is -2.32. The van der Waals surface area contributed by atoms with E-state index in [1.807, 2.05) is 48.8 Å². The fraction of sp³-hybridized carbons (Fsp3) is 0.552. The third-order valence-electron chi connectivity index (χ3n) is 7.57. The van der Waals surface area contributed by atoms with E-state index in [-0.39, 0.29) is 11.9 Å². The Balaban J connectivity index is 1.43. The van der Waals surface area contributed by atoms with Crippen LogP contribution in [-0.2, 0) is 4.74 Å². The lowest BCUT2D eigenvalue weighted by Gasteiger charge is -2.22.